The Morgan fingerprint density at radius 1 is 0.971 bits per heavy atom. The van der Waals surface area contributed by atoms with Crippen molar-refractivity contribution in [1.29, 1.82) is 0 Å². The number of hydrogen-bond acceptors (Lipinski definition) is 5. The molecule has 0 aliphatic carbocycles. The number of benzene rings is 3. The van der Waals surface area contributed by atoms with Crippen LogP contribution in [0.15, 0.2) is 83.9 Å². The van der Waals surface area contributed by atoms with Gasteiger partial charge in [-0.15, -0.1) is 0 Å². The van der Waals surface area contributed by atoms with Crippen molar-refractivity contribution in [2.75, 3.05) is 11.1 Å². The van der Waals surface area contributed by atoms with E-state index in [-0.39, 0.29) is 11.4 Å². The van der Waals surface area contributed by atoms with Crippen LogP contribution in [0.3, 0.4) is 0 Å². The van der Waals surface area contributed by atoms with E-state index in [0.717, 1.165) is 34.6 Å². The van der Waals surface area contributed by atoms with E-state index in [9.17, 15) is 18.0 Å². The smallest absolute Gasteiger partial charge is 0.416 e. The number of anilines is 1. The van der Waals surface area contributed by atoms with Crippen molar-refractivity contribution in [1.82, 2.24) is 9.97 Å². The molecule has 0 unspecified atom stereocenters. The van der Waals surface area contributed by atoms with Crippen LogP contribution in [0.1, 0.15) is 16.7 Å². The average Bonchev–Trinajstić information content (AvgIpc) is 2.86. The lowest BCUT2D eigenvalue weighted by Crippen LogP contribution is -2.16. The van der Waals surface area contributed by atoms with Crippen molar-refractivity contribution in [3.63, 3.8) is 0 Å². The number of nitrogens with zero attached hydrogens (tertiary/aromatic N) is 2. The van der Waals surface area contributed by atoms with E-state index >= 15 is 0 Å². The molecule has 0 radical (unpaired) electrons. The zero-order valence-corrected chi connectivity index (χ0v) is 19.0. The van der Waals surface area contributed by atoms with Gasteiger partial charge in [-0.25, -0.2) is 4.98 Å². The van der Waals surface area contributed by atoms with Gasteiger partial charge in [0, 0.05) is 17.7 Å². The number of carbonyl (C=O) groups excluding carboxylic acids is 1. The van der Waals surface area contributed by atoms with Gasteiger partial charge in [-0.3, -0.25) is 4.79 Å². The Kier molecular flexibility index (Phi) is 6.17. The minimum absolute atomic E-state index is 0.0461. The van der Waals surface area contributed by atoms with E-state index in [1.165, 1.54) is 23.9 Å². The Hall–Kier alpha value is -3.85. The fraction of sp³-hybridized carbons (Fsp3) is 0.115. The van der Waals surface area contributed by atoms with Crippen LogP contribution < -0.4 is 10.1 Å². The Bertz CT molecular complexity index is 1390. The summed E-state index contributed by atoms with van der Waals surface area (Å²) in [6.45, 7) is 0. The standard InChI is InChI=1S/C26H18F3N3O2S/c27-26(28,29)18-10-6-11-19(14-18)30-22(33)15-35-25-20-13-17-9-4-5-12-21(17)34-24(20)31-23(32-25)16-7-2-1-3-8-16/h1-12,14H,13,15H2,(H,30,33). The molecule has 1 amide bonds. The third-order valence-corrected chi connectivity index (χ3v) is 6.34. The van der Waals surface area contributed by atoms with Gasteiger partial charge in [-0.1, -0.05) is 66.4 Å². The van der Waals surface area contributed by atoms with Gasteiger partial charge in [0.25, 0.3) is 0 Å². The summed E-state index contributed by atoms with van der Waals surface area (Å²) in [6.07, 6.45) is -3.95. The first-order valence-electron chi connectivity index (χ1n) is 10.7. The molecule has 176 valence electrons. The quantitative estimate of drug-likeness (QED) is 0.221. The minimum atomic E-state index is -4.49. The van der Waals surface area contributed by atoms with Gasteiger partial charge in [0.2, 0.25) is 11.8 Å². The zero-order valence-electron chi connectivity index (χ0n) is 18.2. The number of para-hydroxylation sites is 1. The third kappa shape index (κ3) is 5.14. The molecule has 1 aromatic heterocycles. The maximum atomic E-state index is 13.0. The summed E-state index contributed by atoms with van der Waals surface area (Å²) in [5.74, 6) is 1.12. The van der Waals surface area contributed by atoms with E-state index in [2.05, 4.69) is 10.3 Å². The number of halogens is 3. The highest BCUT2D eigenvalue weighted by Gasteiger charge is 2.30. The van der Waals surface area contributed by atoms with Crippen molar-refractivity contribution in [2.45, 2.75) is 17.6 Å². The van der Waals surface area contributed by atoms with Crippen molar-refractivity contribution in [3.8, 4) is 23.0 Å². The summed E-state index contributed by atoms with van der Waals surface area (Å²) in [5.41, 5.74) is 1.80. The molecule has 0 saturated heterocycles. The molecule has 0 spiro atoms. The summed E-state index contributed by atoms with van der Waals surface area (Å²) < 4.78 is 45.0. The molecular weight excluding hydrogens is 475 g/mol. The second-order valence-corrected chi connectivity index (χ2v) is 8.77. The first kappa shape index (κ1) is 22.9. The van der Waals surface area contributed by atoms with E-state index in [0.29, 0.717) is 23.2 Å². The number of amides is 1. The molecule has 0 saturated carbocycles. The lowest BCUT2D eigenvalue weighted by atomic mass is 10.0. The average molecular weight is 494 g/mol. The number of thioether (sulfide) groups is 1. The highest BCUT2D eigenvalue weighted by molar-refractivity contribution is 8.00. The minimum Gasteiger partial charge on any atom is -0.438 e. The fourth-order valence-electron chi connectivity index (χ4n) is 3.66. The molecule has 0 bridgehead atoms. The van der Waals surface area contributed by atoms with E-state index in [1.807, 2.05) is 54.6 Å². The number of fused-ring (bicyclic) bond motifs is 2. The summed E-state index contributed by atoms with van der Waals surface area (Å²) in [5, 5.41) is 3.12. The molecule has 5 nitrogen and oxygen atoms in total. The molecule has 0 atom stereocenters. The van der Waals surface area contributed by atoms with E-state index in [1.54, 1.807) is 0 Å². The SMILES string of the molecule is O=C(CSc1nc(-c2ccccc2)nc2c1Cc1ccccc1O2)Nc1cccc(C(F)(F)F)c1. The van der Waals surface area contributed by atoms with Crippen LogP contribution >= 0.6 is 11.8 Å². The molecular formula is C26H18F3N3O2S. The maximum Gasteiger partial charge on any atom is 0.416 e. The molecule has 0 fully saturated rings. The van der Waals surface area contributed by atoms with Crippen LogP contribution in [0.5, 0.6) is 11.6 Å². The van der Waals surface area contributed by atoms with Crippen LogP contribution in [-0.2, 0) is 17.4 Å². The molecule has 9 heteroatoms. The monoisotopic (exact) mass is 493 g/mol. The Balaban J connectivity index is 1.40. The maximum absolute atomic E-state index is 13.0. The van der Waals surface area contributed by atoms with Crippen LogP contribution in [-0.4, -0.2) is 21.6 Å². The van der Waals surface area contributed by atoms with Gasteiger partial charge in [0.05, 0.1) is 16.9 Å². The lowest BCUT2D eigenvalue weighted by molar-refractivity contribution is -0.137. The molecule has 1 aliphatic rings. The highest BCUT2D eigenvalue weighted by Crippen LogP contribution is 2.40. The first-order valence-corrected chi connectivity index (χ1v) is 11.7. The van der Waals surface area contributed by atoms with E-state index in [4.69, 9.17) is 9.72 Å². The van der Waals surface area contributed by atoms with Gasteiger partial charge < -0.3 is 10.1 Å². The predicted molar refractivity (Wildman–Crippen MR) is 128 cm³/mol. The first-order chi connectivity index (χ1) is 16.9. The van der Waals surface area contributed by atoms with Crippen LogP contribution in [0.4, 0.5) is 18.9 Å². The summed E-state index contributed by atoms with van der Waals surface area (Å²) in [4.78, 5) is 21.9. The molecule has 3 aromatic carbocycles. The largest absolute Gasteiger partial charge is 0.438 e. The van der Waals surface area contributed by atoms with Crippen molar-refractivity contribution in [3.05, 3.63) is 95.6 Å². The van der Waals surface area contributed by atoms with E-state index < -0.39 is 17.6 Å². The van der Waals surface area contributed by atoms with Crippen molar-refractivity contribution in [2.24, 2.45) is 0 Å². The molecule has 35 heavy (non-hydrogen) atoms. The Morgan fingerprint density at radius 2 is 1.74 bits per heavy atom. The second-order valence-electron chi connectivity index (χ2n) is 7.80. The predicted octanol–water partition coefficient (Wildman–Crippen LogP) is 6.59. The normalized spacial score (nSPS) is 12.3. The molecule has 5 rings (SSSR count). The number of ether oxygens (including phenoxy) is 1. The molecule has 2 heterocycles. The number of nitrogens with one attached hydrogen (secondary N) is 1. The summed E-state index contributed by atoms with van der Waals surface area (Å²) >= 11 is 1.19. The number of rotatable bonds is 5. The number of hydrogen-bond donors (Lipinski definition) is 1. The van der Waals surface area contributed by atoms with Crippen LogP contribution in [0.2, 0.25) is 0 Å². The third-order valence-electron chi connectivity index (χ3n) is 5.32. The summed E-state index contributed by atoms with van der Waals surface area (Å²) in [7, 11) is 0. The van der Waals surface area contributed by atoms with Gasteiger partial charge in [0.1, 0.15) is 10.8 Å². The molecule has 4 aromatic rings. The lowest BCUT2D eigenvalue weighted by Gasteiger charge is -2.21. The van der Waals surface area contributed by atoms with Crippen LogP contribution in [0, 0.1) is 0 Å². The van der Waals surface area contributed by atoms with Crippen molar-refractivity contribution < 1.29 is 22.7 Å². The second kappa shape index (κ2) is 9.42. The van der Waals surface area contributed by atoms with Gasteiger partial charge in [0.15, 0.2) is 5.82 Å². The summed E-state index contributed by atoms with van der Waals surface area (Å²) in [6, 6.07) is 21.6. The fourth-order valence-corrected chi connectivity index (χ4v) is 4.49. The number of carbonyl (C=O) groups is 1. The van der Waals surface area contributed by atoms with Gasteiger partial charge in [-0.05, 0) is 29.8 Å². The highest BCUT2D eigenvalue weighted by atomic mass is 32.2. The van der Waals surface area contributed by atoms with Crippen LogP contribution in [0.25, 0.3) is 11.4 Å². The number of aromatic nitrogens is 2. The van der Waals surface area contributed by atoms with Gasteiger partial charge >= 0.3 is 6.18 Å². The molecule has 1 N–H and O–H groups in total. The molecule has 1 aliphatic heterocycles. The zero-order chi connectivity index (χ0) is 24.4. The van der Waals surface area contributed by atoms with Crippen molar-refractivity contribution >= 4 is 23.4 Å². The van der Waals surface area contributed by atoms with Gasteiger partial charge in [-0.2, -0.15) is 18.2 Å². The topological polar surface area (TPSA) is 64.1 Å². The number of alkyl halides is 3. The Morgan fingerprint density at radius 3 is 2.54 bits per heavy atom. The Labute approximate surface area is 203 Å².